The van der Waals surface area contributed by atoms with Crippen LogP contribution >= 0.6 is 0 Å². The van der Waals surface area contributed by atoms with Gasteiger partial charge in [0.25, 0.3) is 0 Å². The van der Waals surface area contributed by atoms with Crippen molar-refractivity contribution in [2.75, 3.05) is 20.3 Å². The van der Waals surface area contributed by atoms with Crippen molar-refractivity contribution in [3.63, 3.8) is 0 Å². The van der Waals surface area contributed by atoms with Gasteiger partial charge in [-0.15, -0.1) is 0 Å². The largest absolute Gasteiger partial charge is 0.497 e. The Hall–Kier alpha value is -1.10. The molecule has 1 aromatic rings. The highest BCUT2D eigenvalue weighted by Crippen LogP contribution is 2.19. The second-order valence-electron chi connectivity index (χ2n) is 3.76. The minimum atomic E-state index is -0.260. The predicted molar refractivity (Wildman–Crippen MR) is 58.4 cm³/mol. The first-order chi connectivity index (χ1) is 7.81. The highest BCUT2D eigenvalue weighted by atomic mass is 16.7. The Labute approximate surface area is 94.8 Å². The van der Waals surface area contributed by atoms with Crippen molar-refractivity contribution in [2.24, 2.45) is 0 Å². The maximum absolute atomic E-state index is 8.91. The summed E-state index contributed by atoms with van der Waals surface area (Å²) >= 11 is 0. The molecule has 1 fully saturated rings. The number of methoxy groups -OCH3 is 1. The van der Waals surface area contributed by atoms with E-state index in [2.05, 4.69) is 0 Å². The fourth-order valence-electron chi connectivity index (χ4n) is 1.70. The van der Waals surface area contributed by atoms with Crippen LogP contribution in [0.2, 0.25) is 0 Å². The smallest absolute Gasteiger partial charge is 0.162 e. The van der Waals surface area contributed by atoms with Gasteiger partial charge in [0.1, 0.15) is 11.9 Å². The number of rotatable bonds is 4. The van der Waals surface area contributed by atoms with Gasteiger partial charge >= 0.3 is 0 Å². The summed E-state index contributed by atoms with van der Waals surface area (Å²) in [6, 6.07) is 7.80. The van der Waals surface area contributed by atoms with Crippen LogP contribution in [-0.4, -0.2) is 37.8 Å². The number of ether oxygens (including phenoxy) is 3. The molecule has 1 N–H and O–H groups in total. The number of aliphatic hydroxyl groups excluding tert-OH is 1. The summed E-state index contributed by atoms with van der Waals surface area (Å²) in [5.74, 6) is 0.828. The predicted octanol–water partition coefficient (Wildman–Crippen LogP) is 0.972. The molecule has 0 amide bonds. The number of aliphatic hydroxyl groups is 1. The van der Waals surface area contributed by atoms with Crippen LogP contribution in [0.3, 0.4) is 0 Å². The van der Waals surface area contributed by atoms with E-state index in [1.807, 2.05) is 24.3 Å². The second kappa shape index (κ2) is 5.30. The van der Waals surface area contributed by atoms with Gasteiger partial charge in [0.05, 0.1) is 20.3 Å². The van der Waals surface area contributed by atoms with Crippen LogP contribution in [0.5, 0.6) is 5.75 Å². The summed E-state index contributed by atoms with van der Waals surface area (Å²) in [5.41, 5.74) is 1.10. The van der Waals surface area contributed by atoms with Crippen molar-refractivity contribution in [2.45, 2.75) is 18.8 Å². The number of hydrogen-bond acceptors (Lipinski definition) is 4. The molecule has 2 unspecified atom stereocenters. The molecular weight excluding hydrogens is 208 g/mol. The molecule has 2 rings (SSSR count). The van der Waals surface area contributed by atoms with Crippen LogP contribution in [-0.2, 0) is 15.9 Å². The quantitative estimate of drug-likeness (QED) is 0.828. The van der Waals surface area contributed by atoms with E-state index < -0.39 is 0 Å². The molecule has 16 heavy (non-hydrogen) atoms. The van der Waals surface area contributed by atoms with Gasteiger partial charge in [-0.05, 0) is 17.7 Å². The Balaban J connectivity index is 1.94. The molecule has 0 bridgehead atoms. The number of benzene rings is 1. The van der Waals surface area contributed by atoms with Crippen LogP contribution in [0.25, 0.3) is 0 Å². The zero-order valence-electron chi connectivity index (χ0n) is 9.26. The van der Waals surface area contributed by atoms with Crippen molar-refractivity contribution in [3.05, 3.63) is 29.8 Å². The van der Waals surface area contributed by atoms with E-state index in [1.165, 1.54) is 0 Å². The monoisotopic (exact) mass is 224 g/mol. The Bertz CT molecular complexity index is 340. The lowest BCUT2D eigenvalue weighted by molar-refractivity contribution is -0.0632. The summed E-state index contributed by atoms with van der Waals surface area (Å²) in [4.78, 5) is 0. The summed E-state index contributed by atoms with van der Waals surface area (Å²) in [7, 11) is 1.64. The van der Waals surface area contributed by atoms with Crippen LogP contribution in [0.1, 0.15) is 5.56 Å². The van der Waals surface area contributed by atoms with Crippen molar-refractivity contribution in [1.29, 1.82) is 0 Å². The number of hydrogen-bond donors (Lipinski definition) is 1. The fourth-order valence-corrected chi connectivity index (χ4v) is 1.70. The minimum absolute atomic E-state index is 0.00854. The third-order valence-corrected chi connectivity index (χ3v) is 2.55. The molecule has 1 heterocycles. The maximum atomic E-state index is 8.91. The van der Waals surface area contributed by atoms with E-state index in [0.717, 1.165) is 11.3 Å². The molecule has 4 nitrogen and oxygen atoms in total. The maximum Gasteiger partial charge on any atom is 0.162 e. The molecule has 1 saturated heterocycles. The third kappa shape index (κ3) is 2.72. The van der Waals surface area contributed by atoms with Crippen molar-refractivity contribution in [3.8, 4) is 5.75 Å². The minimum Gasteiger partial charge on any atom is -0.497 e. The lowest BCUT2D eigenvalue weighted by Gasteiger charge is -2.11. The molecule has 0 aromatic heterocycles. The lowest BCUT2D eigenvalue weighted by Crippen LogP contribution is -2.17. The van der Waals surface area contributed by atoms with E-state index >= 15 is 0 Å². The van der Waals surface area contributed by atoms with E-state index in [1.54, 1.807) is 7.11 Å². The van der Waals surface area contributed by atoms with E-state index in [9.17, 15) is 0 Å². The van der Waals surface area contributed by atoms with Gasteiger partial charge in [0.2, 0.25) is 0 Å². The van der Waals surface area contributed by atoms with Gasteiger partial charge in [-0.25, -0.2) is 0 Å². The van der Waals surface area contributed by atoms with Crippen molar-refractivity contribution < 1.29 is 19.3 Å². The van der Waals surface area contributed by atoms with Gasteiger partial charge in [0.15, 0.2) is 6.29 Å². The fraction of sp³-hybridized carbons (Fsp3) is 0.500. The molecule has 1 aromatic carbocycles. The highest BCUT2D eigenvalue weighted by Gasteiger charge is 2.25. The van der Waals surface area contributed by atoms with E-state index in [-0.39, 0.29) is 19.0 Å². The third-order valence-electron chi connectivity index (χ3n) is 2.55. The summed E-state index contributed by atoms with van der Waals surface area (Å²) in [5, 5.41) is 8.91. The molecule has 88 valence electrons. The first-order valence-corrected chi connectivity index (χ1v) is 5.32. The van der Waals surface area contributed by atoms with E-state index in [0.29, 0.717) is 13.0 Å². The average molecular weight is 224 g/mol. The summed E-state index contributed by atoms with van der Waals surface area (Å²) < 4.78 is 16.0. The zero-order valence-corrected chi connectivity index (χ0v) is 9.26. The van der Waals surface area contributed by atoms with Gasteiger partial charge in [-0.2, -0.15) is 0 Å². The summed E-state index contributed by atoms with van der Waals surface area (Å²) in [6.45, 7) is 0.472. The van der Waals surface area contributed by atoms with Crippen LogP contribution in [0, 0.1) is 0 Å². The molecule has 4 heteroatoms. The standard InChI is InChI=1S/C12H16O4/c1-14-10-4-2-3-9(5-10)6-12-15-8-11(7-13)16-12/h2-5,11-13H,6-8H2,1H3. The second-order valence-corrected chi connectivity index (χ2v) is 3.76. The Morgan fingerprint density at radius 3 is 3.06 bits per heavy atom. The Morgan fingerprint density at radius 1 is 1.50 bits per heavy atom. The first-order valence-electron chi connectivity index (χ1n) is 5.32. The highest BCUT2D eigenvalue weighted by molar-refractivity contribution is 5.28. The molecular formula is C12H16O4. The molecule has 0 aliphatic carbocycles. The topological polar surface area (TPSA) is 47.9 Å². The molecule has 0 radical (unpaired) electrons. The molecule has 0 saturated carbocycles. The van der Waals surface area contributed by atoms with Crippen molar-refractivity contribution in [1.82, 2.24) is 0 Å². The summed E-state index contributed by atoms with van der Waals surface area (Å²) in [6.07, 6.45) is 0.230. The van der Waals surface area contributed by atoms with Crippen LogP contribution < -0.4 is 4.74 Å². The zero-order chi connectivity index (χ0) is 11.4. The van der Waals surface area contributed by atoms with Crippen LogP contribution in [0.15, 0.2) is 24.3 Å². The van der Waals surface area contributed by atoms with Gasteiger partial charge in [-0.1, -0.05) is 12.1 Å². The molecule has 2 atom stereocenters. The first kappa shape index (κ1) is 11.4. The van der Waals surface area contributed by atoms with Crippen molar-refractivity contribution >= 4 is 0 Å². The average Bonchev–Trinajstić information content (AvgIpc) is 2.77. The van der Waals surface area contributed by atoms with Gasteiger partial charge < -0.3 is 19.3 Å². The molecule has 0 spiro atoms. The Morgan fingerprint density at radius 2 is 2.38 bits per heavy atom. The Kier molecular flexibility index (Phi) is 3.77. The lowest BCUT2D eigenvalue weighted by atomic mass is 10.1. The van der Waals surface area contributed by atoms with E-state index in [4.69, 9.17) is 19.3 Å². The molecule has 1 aliphatic heterocycles. The molecule has 1 aliphatic rings. The van der Waals surface area contributed by atoms with Crippen LogP contribution in [0.4, 0.5) is 0 Å². The van der Waals surface area contributed by atoms with Gasteiger partial charge in [0, 0.05) is 6.42 Å². The normalized spacial score (nSPS) is 24.6. The van der Waals surface area contributed by atoms with Gasteiger partial charge in [-0.3, -0.25) is 0 Å². The SMILES string of the molecule is COc1cccc(CC2OCC(CO)O2)c1.